The molecule has 0 aliphatic rings. The van der Waals surface area contributed by atoms with Gasteiger partial charge in [-0.05, 0) is 30.7 Å². The predicted octanol–water partition coefficient (Wildman–Crippen LogP) is 3.99. The van der Waals surface area contributed by atoms with Crippen molar-refractivity contribution in [3.05, 3.63) is 47.5 Å². The van der Waals surface area contributed by atoms with Gasteiger partial charge in [0.1, 0.15) is 0 Å². The second kappa shape index (κ2) is 4.10. The van der Waals surface area contributed by atoms with Gasteiger partial charge in [-0.15, -0.1) is 11.3 Å². The molecule has 0 bridgehead atoms. The molecule has 1 aromatic heterocycles. The zero-order valence-corrected chi connectivity index (χ0v) is 10.8. The number of benzene rings is 2. The topological polar surface area (TPSA) is 37.3 Å². The lowest BCUT2D eigenvalue weighted by atomic mass is 10.1. The van der Waals surface area contributed by atoms with Crippen molar-refractivity contribution < 1.29 is 9.90 Å². The van der Waals surface area contributed by atoms with E-state index in [4.69, 9.17) is 5.11 Å². The van der Waals surface area contributed by atoms with Gasteiger partial charge >= 0.3 is 5.97 Å². The number of aryl methyl sites for hydroxylation is 1. The van der Waals surface area contributed by atoms with Crippen LogP contribution in [0.15, 0.2) is 36.4 Å². The number of hydrogen-bond acceptors (Lipinski definition) is 2. The lowest BCUT2D eigenvalue weighted by Gasteiger charge is -1.97. The highest BCUT2D eigenvalue weighted by molar-refractivity contribution is 7.25. The maximum atomic E-state index is 10.7. The van der Waals surface area contributed by atoms with E-state index in [-0.39, 0.29) is 6.42 Å². The Kier molecular flexibility index (Phi) is 2.56. The van der Waals surface area contributed by atoms with Gasteiger partial charge in [-0.1, -0.05) is 23.8 Å². The van der Waals surface area contributed by atoms with E-state index >= 15 is 0 Å². The molecule has 2 nitrogen and oxygen atoms in total. The molecule has 18 heavy (non-hydrogen) atoms. The highest BCUT2D eigenvalue weighted by Gasteiger charge is 2.07. The van der Waals surface area contributed by atoms with Crippen LogP contribution in [0.2, 0.25) is 0 Å². The van der Waals surface area contributed by atoms with E-state index in [9.17, 15) is 4.79 Å². The molecule has 3 rings (SSSR count). The highest BCUT2D eigenvalue weighted by Crippen LogP contribution is 2.34. The summed E-state index contributed by atoms with van der Waals surface area (Å²) >= 11 is 1.72. The zero-order chi connectivity index (χ0) is 12.7. The molecule has 1 heterocycles. The van der Waals surface area contributed by atoms with Crippen molar-refractivity contribution in [2.75, 3.05) is 0 Å². The summed E-state index contributed by atoms with van der Waals surface area (Å²) in [4.78, 5) is 10.7. The number of carboxylic acid groups (broad SMARTS) is 1. The van der Waals surface area contributed by atoms with E-state index in [1.165, 1.54) is 21.0 Å². The molecule has 1 N–H and O–H groups in total. The first kappa shape index (κ1) is 11.2. The minimum atomic E-state index is -0.786. The molecule has 0 fully saturated rings. The van der Waals surface area contributed by atoms with Gasteiger partial charge in [0.2, 0.25) is 0 Å². The van der Waals surface area contributed by atoms with Crippen LogP contribution in [0.25, 0.3) is 20.2 Å². The maximum Gasteiger partial charge on any atom is 0.307 e. The van der Waals surface area contributed by atoms with Gasteiger partial charge in [-0.2, -0.15) is 0 Å². The normalized spacial score (nSPS) is 11.2. The van der Waals surface area contributed by atoms with Crippen LogP contribution in [0, 0.1) is 6.92 Å². The number of carbonyl (C=O) groups is 1. The fourth-order valence-electron chi connectivity index (χ4n) is 2.22. The van der Waals surface area contributed by atoms with E-state index in [0.29, 0.717) is 0 Å². The third-order valence-electron chi connectivity index (χ3n) is 3.05. The van der Waals surface area contributed by atoms with Crippen LogP contribution >= 0.6 is 11.3 Å². The summed E-state index contributed by atoms with van der Waals surface area (Å²) < 4.78 is 2.41. The largest absolute Gasteiger partial charge is 0.481 e. The van der Waals surface area contributed by atoms with Gasteiger partial charge in [0.25, 0.3) is 0 Å². The Morgan fingerprint density at radius 2 is 1.94 bits per heavy atom. The first-order valence-electron chi connectivity index (χ1n) is 5.77. The molecule has 0 spiro atoms. The van der Waals surface area contributed by atoms with E-state index in [0.717, 1.165) is 10.3 Å². The van der Waals surface area contributed by atoms with Crippen LogP contribution in [0.4, 0.5) is 0 Å². The Bertz CT molecular complexity index is 756. The van der Waals surface area contributed by atoms with E-state index < -0.39 is 5.97 Å². The second-order valence-corrected chi connectivity index (χ2v) is 5.59. The molecular formula is C15H12O2S. The maximum absolute atomic E-state index is 10.7. The summed E-state index contributed by atoms with van der Waals surface area (Å²) in [5.41, 5.74) is 2.11. The molecule has 0 amide bonds. The third kappa shape index (κ3) is 1.87. The molecule has 0 aliphatic heterocycles. The number of fused-ring (bicyclic) bond motifs is 3. The van der Waals surface area contributed by atoms with Crippen molar-refractivity contribution >= 4 is 37.5 Å². The van der Waals surface area contributed by atoms with Crippen LogP contribution in [0.3, 0.4) is 0 Å². The van der Waals surface area contributed by atoms with E-state index in [2.05, 4.69) is 25.1 Å². The molecule has 0 saturated carbocycles. The molecule has 0 atom stereocenters. The van der Waals surface area contributed by atoms with Crippen molar-refractivity contribution in [2.45, 2.75) is 13.3 Å². The minimum Gasteiger partial charge on any atom is -0.481 e. The van der Waals surface area contributed by atoms with Crippen molar-refractivity contribution in [3.8, 4) is 0 Å². The number of thiophene rings is 1. The standard InChI is InChI=1S/C15H12O2S/c1-9-2-5-13-12(6-9)11-4-3-10(8-15(16)17)7-14(11)18-13/h2-7H,8H2,1H3,(H,16,17). The van der Waals surface area contributed by atoms with E-state index in [1.807, 2.05) is 18.2 Å². The Hall–Kier alpha value is -1.87. The first-order chi connectivity index (χ1) is 8.63. The molecule has 0 unspecified atom stereocenters. The SMILES string of the molecule is Cc1ccc2sc3cc(CC(=O)O)ccc3c2c1. The summed E-state index contributed by atoms with van der Waals surface area (Å²) in [5, 5.41) is 11.3. The lowest BCUT2D eigenvalue weighted by molar-refractivity contribution is -0.136. The first-order valence-corrected chi connectivity index (χ1v) is 6.59. The van der Waals surface area contributed by atoms with Crippen molar-refractivity contribution in [1.82, 2.24) is 0 Å². The van der Waals surface area contributed by atoms with Crippen molar-refractivity contribution in [2.24, 2.45) is 0 Å². The van der Waals surface area contributed by atoms with Gasteiger partial charge < -0.3 is 5.11 Å². The fourth-order valence-corrected chi connectivity index (χ4v) is 3.37. The smallest absolute Gasteiger partial charge is 0.307 e. The Labute approximate surface area is 108 Å². The minimum absolute atomic E-state index is 0.0865. The average molecular weight is 256 g/mol. The number of carboxylic acids is 1. The molecule has 3 heteroatoms. The van der Waals surface area contributed by atoms with Crippen LogP contribution in [0.5, 0.6) is 0 Å². The highest BCUT2D eigenvalue weighted by atomic mass is 32.1. The van der Waals surface area contributed by atoms with Gasteiger partial charge in [0, 0.05) is 20.2 Å². The molecule has 0 saturated heterocycles. The van der Waals surface area contributed by atoms with Crippen LogP contribution in [0.1, 0.15) is 11.1 Å². The molecule has 0 aliphatic carbocycles. The molecule has 2 aromatic carbocycles. The fraction of sp³-hybridized carbons (Fsp3) is 0.133. The summed E-state index contributed by atoms with van der Waals surface area (Å²) in [6, 6.07) is 12.4. The second-order valence-electron chi connectivity index (χ2n) is 4.50. The van der Waals surface area contributed by atoms with Crippen molar-refractivity contribution in [3.63, 3.8) is 0 Å². The Morgan fingerprint density at radius 3 is 2.72 bits per heavy atom. The third-order valence-corrected chi connectivity index (χ3v) is 4.18. The quantitative estimate of drug-likeness (QED) is 0.752. The Balaban J connectivity index is 2.23. The zero-order valence-electron chi connectivity index (χ0n) is 9.93. The summed E-state index contributed by atoms with van der Waals surface area (Å²) in [7, 11) is 0. The van der Waals surface area contributed by atoms with Gasteiger partial charge in [0.15, 0.2) is 0 Å². The van der Waals surface area contributed by atoms with Gasteiger partial charge in [0.05, 0.1) is 6.42 Å². The van der Waals surface area contributed by atoms with Gasteiger partial charge in [-0.25, -0.2) is 0 Å². The molecular weight excluding hydrogens is 244 g/mol. The van der Waals surface area contributed by atoms with Crippen molar-refractivity contribution in [1.29, 1.82) is 0 Å². The molecule has 3 aromatic rings. The number of aliphatic carboxylic acids is 1. The lowest BCUT2D eigenvalue weighted by Crippen LogP contribution is -1.99. The monoisotopic (exact) mass is 256 g/mol. The van der Waals surface area contributed by atoms with Crippen LogP contribution in [-0.4, -0.2) is 11.1 Å². The number of hydrogen-bond donors (Lipinski definition) is 1. The number of rotatable bonds is 2. The predicted molar refractivity (Wildman–Crippen MR) is 75.4 cm³/mol. The summed E-state index contributed by atoms with van der Waals surface area (Å²) in [5.74, 6) is -0.786. The Morgan fingerprint density at radius 1 is 1.11 bits per heavy atom. The molecule has 90 valence electrons. The molecule has 0 radical (unpaired) electrons. The van der Waals surface area contributed by atoms with Crippen LogP contribution in [-0.2, 0) is 11.2 Å². The summed E-state index contributed by atoms with van der Waals surface area (Å²) in [6.07, 6.45) is 0.0865. The average Bonchev–Trinajstić information content (AvgIpc) is 2.65. The van der Waals surface area contributed by atoms with E-state index in [1.54, 1.807) is 11.3 Å². The van der Waals surface area contributed by atoms with Gasteiger partial charge in [-0.3, -0.25) is 4.79 Å². The summed E-state index contributed by atoms with van der Waals surface area (Å²) in [6.45, 7) is 2.09. The van der Waals surface area contributed by atoms with Crippen LogP contribution < -0.4 is 0 Å².